The highest BCUT2D eigenvalue weighted by Gasteiger charge is 2.37. The van der Waals surface area contributed by atoms with Crippen LogP contribution in [-0.2, 0) is 0 Å². The van der Waals surface area contributed by atoms with Crippen molar-refractivity contribution >= 4 is 23.6 Å². The Hall–Kier alpha value is -3.82. The zero-order chi connectivity index (χ0) is 23.0. The minimum atomic E-state index is -0.391. The number of imide groups is 1. The van der Waals surface area contributed by atoms with Crippen molar-refractivity contribution in [2.75, 3.05) is 13.1 Å². The molecule has 2 aliphatic heterocycles. The van der Waals surface area contributed by atoms with Crippen molar-refractivity contribution in [1.82, 2.24) is 25.3 Å². The average Bonchev–Trinajstić information content (AvgIpc) is 3.04. The first-order chi connectivity index (χ1) is 15.3. The predicted molar refractivity (Wildman–Crippen MR) is 113 cm³/mol. The fourth-order valence-electron chi connectivity index (χ4n) is 3.99. The maximum Gasteiger partial charge on any atom is 0.274 e. The maximum absolute atomic E-state index is 12.7. The smallest absolute Gasteiger partial charge is 0.274 e. The summed E-state index contributed by atoms with van der Waals surface area (Å²) in [6.07, 6.45) is 1.12. The van der Waals surface area contributed by atoms with E-state index in [9.17, 15) is 24.0 Å². The Balaban J connectivity index is 1.37. The van der Waals surface area contributed by atoms with Crippen LogP contribution in [0.1, 0.15) is 68.3 Å². The molecule has 0 unspecified atom stereocenters. The van der Waals surface area contributed by atoms with E-state index in [1.165, 1.54) is 29.2 Å². The Labute approximate surface area is 183 Å². The van der Waals surface area contributed by atoms with Gasteiger partial charge in [-0.3, -0.25) is 28.9 Å². The Kier molecular flexibility index (Phi) is 5.60. The molecule has 0 saturated carbocycles. The molecule has 0 aliphatic carbocycles. The molecule has 1 fully saturated rings. The Morgan fingerprint density at radius 3 is 2.34 bits per heavy atom. The number of likely N-dealkylation sites (tertiary alicyclic amines) is 1. The quantitative estimate of drug-likeness (QED) is 0.680. The molecule has 2 aromatic rings. The number of aromatic nitrogens is 2. The fourth-order valence-corrected chi connectivity index (χ4v) is 3.99. The summed E-state index contributed by atoms with van der Waals surface area (Å²) in [6, 6.07) is 6.77. The lowest BCUT2D eigenvalue weighted by Gasteiger charge is -2.32. The first-order valence-electron chi connectivity index (χ1n) is 10.4. The molecule has 0 bridgehead atoms. The van der Waals surface area contributed by atoms with E-state index in [2.05, 4.69) is 15.5 Å². The number of fused-ring (bicyclic) bond motifs is 1. The molecule has 2 N–H and O–H groups in total. The van der Waals surface area contributed by atoms with Gasteiger partial charge in [0.05, 0.1) is 11.1 Å². The van der Waals surface area contributed by atoms with Gasteiger partial charge in [-0.2, -0.15) is 5.10 Å². The number of H-pyrrole nitrogens is 1. The highest BCUT2D eigenvalue weighted by molar-refractivity contribution is 6.22. The van der Waals surface area contributed by atoms with Crippen molar-refractivity contribution in [2.24, 2.45) is 0 Å². The van der Waals surface area contributed by atoms with Crippen LogP contribution in [0.5, 0.6) is 0 Å². The van der Waals surface area contributed by atoms with E-state index in [1.807, 2.05) is 0 Å². The van der Waals surface area contributed by atoms with Crippen LogP contribution in [0.25, 0.3) is 0 Å². The van der Waals surface area contributed by atoms with Crippen LogP contribution in [0.2, 0.25) is 0 Å². The highest BCUT2D eigenvalue weighted by atomic mass is 16.2. The number of hydrogen-bond donors (Lipinski definition) is 2. The zero-order valence-electron chi connectivity index (χ0n) is 17.8. The van der Waals surface area contributed by atoms with Crippen molar-refractivity contribution in [3.05, 3.63) is 63.1 Å². The van der Waals surface area contributed by atoms with Crippen LogP contribution >= 0.6 is 0 Å². The third-order valence-electron chi connectivity index (χ3n) is 5.71. The standard InChI is InChI=1S/C22H23N5O5/c1-12(2)27-20(30)15-4-3-13(11-16(15)21(27)31)19(29)23-14-7-9-26(10-8-14)22(32)17-5-6-18(28)25-24-17/h3-6,11-12,14H,7-10H2,1-2H3,(H,23,29)(H,25,28). The molecule has 10 nitrogen and oxygen atoms in total. The Morgan fingerprint density at radius 1 is 1.03 bits per heavy atom. The molecule has 1 aromatic heterocycles. The third kappa shape index (κ3) is 3.91. The van der Waals surface area contributed by atoms with E-state index in [-0.39, 0.29) is 46.6 Å². The van der Waals surface area contributed by atoms with Crippen LogP contribution in [0.3, 0.4) is 0 Å². The second-order valence-corrected chi connectivity index (χ2v) is 8.18. The number of hydrogen-bond acceptors (Lipinski definition) is 6. The van der Waals surface area contributed by atoms with Gasteiger partial charge < -0.3 is 10.2 Å². The van der Waals surface area contributed by atoms with Crippen LogP contribution in [0, 0.1) is 0 Å². The van der Waals surface area contributed by atoms with E-state index in [0.29, 0.717) is 37.1 Å². The van der Waals surface area contributed by atoms with Gasteiger partial charge in [-0.05, 0) is 51.0 Å². The normalized spacial score (nSPS) is 16.5. The number of amides is 4. The minimum absolute atomic E-state index is 0.132. The minimum Gasteiger partial charge on any atom is -0.349 e. The van der Waals surface area contributed by atoms with Gasteiger partial charge in [0.1, 0.15) is 5.69 Å². The summed E-state index contributed by atoms with van der Waals surface area (Å²) in [5.41, 5.74) is 0.650. The summed E-state index contributed by atoms with van der Waals surface area (Å²) in [7, 11) is 0. The second-order valence-electron chi connectivity index (χ2n) is 8.18. The molecule has 166 valence electrons. The number of benzene rings is 1. The molecular weight excluding hydrogens is 414 g/mol. The Morgan fingerprint density at radius 2 is 1.72 bits per heavy atom. The number of piperidine rings is 1. The first kappa shape index (κ1) is 21.4. The molecule has 32 heavy (non-hydrogen) atoms. The average molecular weight is 437 g/mol. The number of carbonyl (C=O) groups is 4. The topological polar surface area (TPSA) is 133 Å². The summed E-state index contributed by atoms with van der Waals surface area (Å²) in [5.74, 6) is -1.34. The van der Waals surface area contributed by atoms with Gasteiger partial charge in [0.2, 0.25) is 0 Å². The number of aromatic amines is 1. The summed E-state index contributed by atoms with van der Waals surface area (Å²) in [6.45, 7) is 4.40. The highest BCUT2D eigenvalue weighted by Crippen LogP contribution is 2.26. The molecular formula is C22H23N5O5. The van der Waals surface area contributed by atoms with Gasteiger partial charge in [0.15, 0.2) is 0 Å². The summed E-state index contributed by atoms with van der Waals surface area (Å²) < 4.78 is 0. The fraction of sp³-hybridized carbons (Fsp3) is 0.364. The largest absolute Gasteiger partial charge is 0.349 e. The van der Waals surface area contributed by atoms with Gasteiger partial charge in [-0.1, -0.05) is 0 Å². The van der Waals surface area contributed by atoms with Gasteiger partial charge in [-0.25, -0.2) is 5.10 Å². The van der Waals surface area contributed by atoms with Crippen LogP contribution in [-0.4, -0.2) is 68.8 Å². The van der Waals surface area contributed by atoms with Crippen LogP contribution in [0.15, 0.2) is 35.1 Å². The number of carbonyl (C=O) groups excluding carboxylic acids is 4. The third-order valence-corrected chi connectivity index (χ3v) is 5.71. The molecule has 2 aliphatic rings. The van der Waals surface area contributed by atoms with Gasteiger partial charge in [0.25, 0.3) is 29.2 Å². The zero-order valence-corrected chi connectivity index (χ0v) is 17.8. The molecule has 0 atom stereocenters. The van der Waals surface area contributed by atoms with Crippen molar-refractivity contribution in [2.45, 2.75) is 38.8 Å². The van der Waals surface area contributed by atoms with Crippen LogP contribution in [0.4, 0.5) is 0 Å². The maximum atomic E-state index is 12.7. The predicted octanol–water partition coefficient (Wildman–Crippen LogP) is 0.809. The Bertz CT molecular complexity index is 1140. The van der Waals surface area contributed by atoms with E-state index in [1.54, 1.807) is 24.8 Å². The molecule has 4 amide bonds. The number of nitrogens with zero attached hydrogens (tertiary/aromatic N) is 3. The van der Waals surface area contributed by atoms with Gasteiger partial charge >= 0.3 is 0 Å². The summed E-state index contributed by atoms with van der Waals surface area (Å²) in [4.78, 5) is 64.1. The molecule has 1 aromatic carbocycles. The molecule has 4 rings (SSSR count). The van der Waals surface area contributed by atoms with Crippen molar-refractivity contribution in [3.8, 4) is 0 Å². The van der Waals surface area contributed by atoms with Crippen molar-refractivity contribution < 1.29 is 19.2 Å². The van der Waals surface area contributed by atoms with Crippen molar-refractivity contribution in [1.29, 1.82) is 0 Å². The van der Waals surface area contributed by atoms with E-state index in [0.717, 1.165) is 0 Å². The molecule has 3 heterocycles. The lowest BCUT2D eigenvalue weighted by Crippen LogP contribution is -2.46. The lowest BCUT2D eigenvalue weighted by atomic mass is 10.0. The lowest BCUT2D eigenvalue weighted by molar-refractivity contribution is 0.0607. The summed E-state index contributed by atoms with van der Waals surface area (Å²) in [5, 5.41) is 8.95. The molecule has 0 radical (unpaired) electrons. The molecule has 10 heteroatoms. The van der Waals surface area contributed by atoms with Crippen molar-refractivity contribution in [3.63, 3.8) is 0 Å². The molecule has 1 saturated heterocycles. The monoisotopic (exact) mass is 437 g/mol. The summed E-state index contributed by atoms with van der Waals surface area (Å²) >= 11 is 0. The number of rotatable bonds is 4. The van der Waals surface area contributed by atoms with Gasteiger partial charge in [-0.15, -0.1) is 0 Å². The molecule has 0 spiro atoms. The van der Waals surface area contributed by atoms with E-state index in [4.69, 9.17) is 0 Å². The first-order valence-corrected chi connectivity index (χ1v) is 10.4. The van der Waals surface area contributed by atoms with Crippen LogP contribution < -0.4 is 10.9 Å². The SMILES string of the molecule is CC(C)N1C(=O)c2ccc(C(=O)NC3CCN(C(=O)c4ccc(=O)[nH]n4)CC3)cc2C1=O. The van der Waals surface area contributed by atoms with E-state index < -0.39 is 5.91 Å². The van der Waals surface area contributed by atoms with Gasteiger partial charge in [0, 0.05) is 36.8 Å². The second kappa shape index (κ2) is 8.37. The number of nitrogens with one attached hydrogen (secondary N) is 2. The van der Waals surface area contributed by atoms with E-state index >= 15 is 0 Å².